The van der Waals surface area contributed by atoms with Gasteiger partial charge in [-0.2, -0.15) is 0 Å². The fraction of sp³-hybridized carbons (Fsp3) is 0.947. The Morgan fingerprint density at radius 3 is 2.71 bits per heavy atom. The lowest BCUT2D eigenvalue weighted by Crippen LogP contribution is -2.59. The van der Waals surface area contributed by atoms with E-state index in [0.717, 1.165) is 58.0 Å². The molecule has 138 valence electrons. The smallest absolute Gasteiger partial charge is 0.255 e. The summed E-state index contributed by atoms with van der Waals surface area (Å²) in [7, 11) is 0. The van der Waals surface area contributed by atoms with Crippen LogP contribution in [0, 0.1) is 5.92 Å². The second kappa shape index (κ2) is 8.63. The Labute approximate surface area is 146 Å². The lowest BCUT2D eigenvalue weighted by molar-refractivity contribution is -0.159. The van der Waals surface area contributed by atoms with E-state index in [1.54, 1.807) is 0 Å². The minimum absolute atomic E-state index is 0.0327. The third kappa shape index (κ3) is 4.70. The molecule has 1 atom stereocenters. The van der Waals surface area contributed by atoms with Crippen molar-refractivity contribution in [2.75, 3.05) is 45.9 Å². The summed E-state index contributed by atoms with van der Waals surface area (Å²) in [5.41, 5.74) is -1.19. The van der Waals surface area contributed by atoms with E-state index in [2.05, 4.69) is 4.90 Å². The predicted molar refractivity (Wildman–Crippen MR) is 93.8 cm³/mol. The highest BCUT2D eigenvalue weighted by Gasteiger charge is 2.43. The number of ether oxygens (including phenoxy) is 1. The van der Waals surface area contributed by atoms with Crippen LogP contribution < -0.4 is 0 Å². The van der Waals surface area contributed by atoms with Gasteiger partial charge in [-0.1, -0.05) is 32.1 Å². The van der Waals surface area contributed by atoms with Gasteiger partial charge in [0.1, 0.15) is 0 Å². The lowest BCUT2D eigenvalue weighted by Gasteiger charge is -2.41. The molecule has 0 spiro atoms. The first kappa shape index (κ1) is 18.2. The zero-order valence-corrected chi connectivity index (χ0v) is 15.0. The molecule has 1 amide bonds. The molecular formula is C19H34N2O3. The van der Waals surface area contributed by atoms with E-state index >= 15 is 0 Å². The first-order valence-electron chi connectivity index (χ1n) is 9.99. The second-order valence-corrected chi connectivity index (χ2v) is 7.96. The molecule has 0 aromatic rings. The fourth-order valence-electron chi connectivity index (χ4n) is 4.57. The third-order valence-electron chi connectivity index (χ3n) is 6.04. The van der Waals surface area contributed by atoms with Crippen molar-refractivity contribution < 1.29 is 14.6 Å². The Morgan fingerprint density at radius 1 is 1.04 bits per heavy atom. The zero-order chi connectivity index (χ0) is 16.8. The number of amides is 1. The topological polar surface area (TPSA) is 53.0 Å². The minimum atomic E-state index is -1.19. The van der Waals surface area contributed by atoms with E-state index < -0.39 is 5.60 Å². The average molecular weight is 338 g/mol. The highest BCUT2D eigenvalue weighted by Crippen LogP contribution is 2.29. The van der Waals surface area contributed by atoms with E-state index in [-0.39, 0.29) is 5.91 Å². The third-order valence-corrected chi connectivity index (χ3v) is 6.04. The van der Waals surface area contributed by atoms with Gasteiger partial charge >= 0.3 is 0 Å². The molecule has 1 N–H and O–H groups in total. The fourth-order valence-corrected chi connectivity index (χ4v) is 4.57. The number of carbonyl (C=O) groups excluding carboxylic acids is 1. The summed E-state index contributed by atoms with van der Waals surface area (Å²) in [5, 5.41) is 11.0. The Bertz CT molecular complexity index is 403. The molecule has 1 saturated carbocycles. The predicted octanol–water partition coefficient (Wildman–Crippen LogP) is 2.03. The molecule has 24 heavy (non-hydrogen) atoms. The highest BCUT2D eigenvalue weighted by atomic mass is 16.5. The first-order chi connectivity index (χ1) is 11.7. The maximum Gasteiger partial charge on any atom is 0.255 e. The van der Waals surface area contributed by atoms with Crippen molar-refractivity contribution in [3.8, 4) is 0 Å². The van der Waals surface area contributed by atoms with Crippen molar-refractivity contribution >= 4 is 5.91 Å². The van der Waals surface area contributed by atoms with Gasteiger partial charge in [0, 0.05) is 39.3 Å². The quantitative estimate of drug-likeness (QED) is 0.833. The molecular weight excluding hydrogens is 304 g/mol. The van der Waals surface area contributed by atoms with Crippen LogP contribution in [0.4, 0.5) is 0 Å². The molecule has 5 nitrogen and oxygen atoms in total. The number of hydrogen-bond donors (Lipinski definition) is 1. The number of carbonyl (C=O) groups is 1. The summed E-state index contributed by atoms with van der Waals surface area (Å²) in [6, 6.07) is 0. The Kier molecular flexibility index (Phi) is 6.53. The summed E-state index contributed by atoms with van der Waals surface area (Å²) in [4.78, 5) is 17.0. The van der Waals surface area contributed by atoms with Crippen LogP contribution in [0.3, 0.4) is 0 Å². The lowest BCUT2D eigenvalue weighted by atomic mass is 9.86. The second-order valence-electron chi connectivity index (χ2n) is 7.96. The summed E-state index contributed by atoms with van der Waals surface area (Å²) < 4.78 is 5.48. The zero-order valence-electron chi connectivity index (χ0n) is 15.0. The number of hydrogen-bond acceptors (Lipinski definition) is 4. The molecule has 0 aromatic carbocycles. The van der Waals surface area contributed by atoms with E-state index in [1.165, 1.54) is 32.1 Å². The van der Waals surface area contributed by atoms with Crippen LogP contribution in [-0.2, 0) is 9.53 Å². The number of nitrogens with zero attached hydrogens (tertiary/aromatic N) is 2. The van der Waals surface area contributed by atoms with Crippen molar-refractivity contribution in [2.24, 2.45) is 5.92 Å². The first-order valence-corrected chi connectivity index (χ1v) is 9.99. The highest BCUT2D eigenvalue weighted by molar-refractivity contribution is 5.86. The van der Waals surface area contributed by atoms with Crippen molar-refractivity contribution in [3.05, 3.63) is 0 Å². The maximum absolute atomic E-state index is 12.9. The van der Waals surface area contributed by atoms with Gasteiger partial charge in [0.2, 0.25) is 0 Å². The monoisotopic (exact) mass is 338 g/mol. The van der Waals surface area contributed by atoms with Gasteiger partial charge in [0.15, 0.2) is 5.60 Å². The molecule has 2 saturated heterocycles. The standard InChI is InChI=1S/C19H34N2O3/c22-18-19(23,16-20-10-5-14-24-15-13-20)9-4-11-21(18)12-8-17-6-2-1-3-7-17/h17,23H,1-16H2/t19-/m0/s1. The van der Waals surface area contributed by atoms with Crippen LogP contribution in [-0.4, -0.2) is 72.4 Å². The van der Waals surface area contributed by atoms with Crippen LogP contribution in [0.25, 0.3) is 0 Å². The molecule has 3 aliphatic rings. The number of piperidine rings is 1. The molecule has 0 unspecified atom stereocenters. The van der Waals surface area contributed by atoms with E-state index in [4.69, 9.17) is 4.74 Å². The van der Waals surface area contributed by atoms with Crippen LogP contribution in [0.15, 0.2) is 0 Å². The molecule has 0 radical (unpaired) electrons. The Hall–Kier alpha value is -0.650. The summed E-state index contributed by atoms with van der Waals surface area (Å²) in [6.45, 7) is 5.34. The van der Waals surface area contributed by atoms with Gasteiger partial charge in [0.25, 0.3) is 5.91 Å². The van der Waals surface area contributed by atoms with Crippen molar-refractivity contribution in [1.82, 2.24) is 9.80 Å². The van der Waals surface area contributed by atoms with E-state index in [9.17, 15) is 9.90 Å². The van der Waals surface area contributed by atoms with Gasteiger partial charge in [-0.15, -0.1) is 0 Å². The van der Waals surface area contributed by atoms with Crippen molar-refractivity contribution in [3.63, 3.8) is 0 Å². The molecule has 2 aliphatic heterocycles. The van der Waals surface area contributed by atoms with Crippen molar-refractivity contribution in [1.29, 1.82) is 0 Å². The summed E-state index contributed by atoms with van der Waals surface area (Å²) >= 11 is 0. The Morgan fingerprint density at radius 2 is 1.88 bits per heavy atom. The average Bonchev–Trinajstić information content (AvgIpc) is 2.86. The molecule has 3 fully saturated rings. The summed E-state index contributed by atoms with van der Waals surface area (Å²) in [6.07, 6.45) is 10.3. The maximum atomic E-state index is 12.9. The molecule has 0 aromatic heterocycles. The van der Waals surface area contributed by atoms with Crippen LogP contribution in [0.1, 0.15) is 57.8 Å². The van der Waals surface area contributed by atoms with Crippen LogP contribution in [0.5, 0.6) is 0 Å². The molecule has 0 bridgehead atoms. The molecule has 3 rings (SSSR count). The normalized spacial score (nSPS) is 31.2. The molecule has 2 heterocycles. The summed E-state index contributed by atoms with van der Waals surface area (Å²) in [5.74, 6) is 0.749. The van der Waals surface area contributed by atoms with E-state index in [1.807, 2.05) is 4.90 Å². The van der Waals surface area contributed by atoms with Gasteiger partial charge in [0.05, 0.1) is 6.61 Å². The van der Waals surface area contributed by atoms with Gasteiger partial charge < -0.3 is 14.7 Å². The van der Waals surface area contributed by atoms with Crippen LogP contribution in [0.2, 0.25) is 0 Å². The van der Waals surface area contributed by atoms with Crippen molar-refractivity contribution in [2.45, 2.75) is 63.4 Å². The number of aliphatic hydroxyl groups is 1. The molecule has 1 aliphatic carbocycles. The van der Waals surface area contributed by atoms with Crippen LogP contribution >= 0.6 is 0 Å². The Balaban J connectivity index is 1.52. The molecule has 5 heteroatoms. The number of rotatable bonds is 5. The van der Waals surface area contributed by atoms with E-state index in [0.29, 0.717) is 19.6 Å². The SMILES string of the molecule is O=C1N(CCC2CCCCC2)CCC[C@]1(O)CN1CCCOCC1. The number of β-amino-alcohol motifs (C(OH)–C–C–N with tert-alkyl or cyclic N) is 1. The van der Waals surface area contributed by atoms with Gasteiger partial charge in [-0.05, 0) is 31.6 Å². The minimum Gasteiger partial charge on any atom is -0.380 e. The largest absolute Gasteiger partial charge is 0.380 e. The van der Waals surface area contributed by atoms with Gasteiger partial charge in [-0.3, -0.25) is 9.69 Å². The van der Waals surface area contributed by atoms with Gasteiger partial charge in [-0.25, -0.2) is 0 Å². The number of likely N-dealkylation sites (tertiary alicyclic amines) is 1.